The molecule has 32 heavy (non-hydrogen) atoms. The number of benzene rings is 3. The average molecular weight is 455 g/mol. The Hall–Kier alpha value is -3.52. The predicted molar refractivity (Wildman–Crippen MR) is 126 cm³/mol. The van der Waals surface area contributed by atoms with E-state index in [0.29, 0.717) is 35.2 Å². The fourth-order valence-corrected chi connectivity index (χ4v) is 4.32. The van der Waals surface area contributed by atoms with E-state index in [4.69, 9.17) is 9.47 Å². The van der Waals surface area contributed by atoms with Gasteiger partial charge in [0.15, 0.2) is 0 Å². The van der Waals surface area contributed by atoms with Gasteiger partial charge in [0.2, 0.25) is 15.9 Å². The average Bonchev–Trinajstić information content (AvgIpc) is 2.76. The van der Waals surface area contributed by atoms with E-state index in [9.17, 15) is 13.2 Å². The zero-order valence-electron chi connectivity index (χ0n) is 18.2. The number of hydrogen-bond donors (Lipinski definition) is 1. The lowest BCUT2D eigenvalue weighted by atomic mass is 10.2. The molecule has 0 aromatic heterocycles. The number of carbonyl (C=O) groups is 1. The number of rotatable bonds is 9. The summed E-state index contributed by atoms with van der Waals surface area (Å²) in [5.41, 5.74) is 0.910. The number of anilines is 2. The Labute approximate surface area is 188 Å². The maximum atomic E-state index is 12.8. The summed E-state index contributed by atoms with van der Waals surface area (Å²) in [5, 5.41) is 2.76. The molecule has 0 spiro atoms. The Morgan fingerprint density at radius 2 is 1.47 bits per heavy atom. The van der Waals surface area contributed by atoms with Crippen molar-refractivity contribution in [3.8, 4) is 17.2 Å². The lowest BCUT2D eigenvalue weighted by molar-refractivity contribution is -0.116. The van der Waals surface area contributed by atoms with E-state index < -0.39 is 22.0 Å². The molecule has 0 aliphatic carbocycles. The van der Waals surface area contributed by atoms with E-state index in [1.165, 1.54) is 0 Å². The molecule has 0 unspecified atom stereocenters. The lowest BCUT2D eigenvalue weighted by Crippen LogP contribution is -2.45. The molecule has 0 saturated heterocycles. The first-order valence-corrected chi connectivity index (χ1v) is 12.0. The van der Waals surface area contributed by atoms with Crippen LogP contribution >= 0.6 is 0 Å². The number of nitrogens with zero attached hydrogens (tertiary/aromatic N) is 1. The molecular formula is C24H26N2O5S. The molecule has 3 aromatic carbocycles. The Bertz CT molecular complexity index is 1130. The van der Waals surface area contributed by atoms with E-state index in [1.54, 1.807) is 55.5 Å². The van der Waals surface area contributed by atoms with Crippen LogP contribution in [-0.2, 0) is 14.8 Å². The Kier molecular flexibility index (Phi) is 7.37. The van der Waals surface area contributed by atoms with Crippen LogP contribution in [0.5, 0.6) is 17.2 Å². The van der Waals surface area contributed by atoms with Crippen molar-refractivity contribution in [2.24, 2.45) is 0 Å². The third-order valence-electron chi connectivity index (χ3n) is 4.59. The second-order valence-electron chi connectivity index (χ2n) is 7.09. The summed E-state index contributed by atoms with van der Waals surface area (Å²) in [4.78, 5) is 12.8. The fourth-order valence-electron chi connectivity index (χ4n) is 3.14. The number of amides is 1. The minimum Gasteiger partial charge on any atom is -0.494 e. The molecule has 3 aromatic rings. The van der Waals surface area contributed by atoms with Gasteiger partial charge >= 0.3 is 0 Å². The van der Waals surface area contributed by atoms with Gasteiger partial charge in [-0.2, -0.15) is 0 Å². The van der Waals surface area contributed by atoms with Gasteiger partial charge < -0.3 is 14.8 Å². The SMILES string of the molecule is CCOc1ccc(N([C@H](C)C(=O)Nc2ccc(Oc3ccccc3)cc2)S(C)(=O)=O)cc1. The maximum absolute atomic E-state index is 12.8. The quantitative estimate of drug-likeness (QED) is 0.508. The van der Waals surface area contributed by atoms with Gasteiger partial charge in [0.1, 0.15) is 23.3 Å². The van der Waals surface area contributed by atoms with Crippen molar-refractivity contribution in [1.82, 2.24) is 0 Å². The molecule has 0 bridgehead atoms. The third-order valence-corrected chi connectivity index (χ3v) is 5.83. The minimum atomic E-state index is -3.71. The van der Waals surface area contributed by atoms with Crippen molar-refractivity contribution in [1.29, 1.82) is 0 Å². The van der Waals surface area contributed by atoms with Crippen LogP contribution in [0.25, 0.3) is 0 Å². The lowest BCUT2D eigenvalue weighted by Gasteiger charge is -2.28. The summed E-state index contributed by atoms with van der Waals surface area (Å²) in [5.74, 6) is 1.49. The number of nitrogens with one attached hydrogen (secondary N) is 1. The molecule has 1 atom stereocenters. The molecule has 0 aliphatic heterocycles. The van der Waals surface area contributed by atoms with Crippen molar-refractivity contribution in [3.63, 3.8) is 0 Å². The molecule has 0 aliphatic rings. The van der Waals surface area contributed by atoms with Crippen LogP contribution in [0.15, 0.2) is 78.9 Å². The van der Waals surface area contributed by atoms with Crippen molar-refractivity contribution in [3.05, 3.63) is 78.9 Å². The van der Waals surface area contributed by atoms with Gasteiger partial charge in [-0.3, -0.25) is 9.10 Å². The second-order valence-corrected chi connectivity index (χ2v) is 8.95. The third kappa shape index (κ3) is 6.01. The van der Waals surface area contributed by atoms with Gasteiger partial charge in [-0.05, 0) is 74.5 Å². The van der Waals surface area contributed by atoms with Gasteiger partial charge in [0.25, 0.3) is 0 Å². The first kappa shape index (κ1) is 23.1. The second kappa shape index (κ2) is 10.2. The Morgan fingerprint density at radius 3 is 2.03 bits per heavy atom. The monoisotopic (exact) mass is 454 g/mol. The van der Waals surface area contributed by atoms with Gasteiger partial charge in [0, 0.05) is 5.69 Å². The normalized spacial score (nSPS) is 12.0. The van der Waals surface area contributed by atoms with E-state index >= 15 is 0 Å². The van der Waals surface area contributed by atoms with Gasteiger partial charge in [-0.25, -0.2) is 8.42 Å². The Morgan fingerprint density at radius 1 is 0.906 bits per heavy atom. The smallest absolute Gasteiger partial charge is 0.247 e. The van der Waals surface area contributed by atoms with Crippen molar-refractivity contribution < 1.29 is 22.7 Å². The largest absolute Gasteiger partial charge is 0.494 e. The van der Waals surface area contributed by atoms with Crippen LogP contribution in [0, 0.1) is 0 Å². The maximum Gasteiger partial charge on any atom is 0.247 e. The first-order chi connectivity index (χ1) is 15.3. The number of carbonyl (C=O) groups excluding carboxylic acids is 1. The fraction of sp³-hybridized carbons (Fsp3) is 0.208. The van der Waals surface area contributed by atoms with Crippen LogP contribution in [0.3, 0.4) is 0 Å². The van der Waals surface area contributed by atoms with E-state index in [-0.39, 0.29) is 0 Å². The molecule has 0 heterocycles. The number of sulfonamides is 1. The topological polar surface area (TPSA) is 84.9 Å². The highest BCUT2D eigenvalue weighted by molar-refractivity contribution is 7.92. The molecule has 0 radical (unpaired) electrons. The molecule has 1 amide bonds. The Balaban J connectivity index is 1.72. The van der Waals surface area contributed by atoms with Gasteiger partial charge in [-0.15, -0.1) is 0 Å². The van der Waals surface area contributed by atoms with Crippen molar-refractivity contribution in [2.45, 2.75) is 19.9 Å². The van der Waals surface area contributed by atoms with Crippen LogP contribution in [-0.4, -0.2) is 33.2 Å². The molecule has 3 rings (SSSR count). The van der Waals surface area contributed by atoms with Crippen molar-refractivity contribution >= 4 is 27.3 Å². The van der Waals surface area contributed by atoms with E-state index in [0.717, 1.165) is 10.6 Å². The molecule has 7 nitrogen and oxygen atoms in total. The number of ether oxygens (including phenoxy) is 2. The standard InChI is InChI=1S/C24H26N2O5S/c1-4-30-21-16-12-20(13-17-21)26(32(3,28)29)18(2)24(27)25-19-10-14-23(15-11-19)31-22-8-6-5-7-9-22/h5-18H,4H2,1-3H3,(H,25,27)/t18-/m1/s1. The van der Waals surface area contributed by atoms with Crippen LogP contribution in [0.4, 0.5) is 11.4 Å². The summed E-state index contributed by atoms with van der Waals surface area (Å²) in [7, 11) is -3.71. The zero-order chi connectivity index (χ0) is 23.1. The highest BCUT2D eigenvalue weighted by atomic mass is 32.2. The number of hydrogen-bond acceptors (Lipinski definition) is 5. The summed E-state index contributed by atoms with van der Waals surface area (Å²) in [6, 6.07) is 21.8. The zero-order valence-corrected chi connectivity index (χ0v) is 19.0. The molecule has 0 fully saturated rings. The van der Waals surface area contributed by atoms with Crippen LogP contribution in [0.2, 0.25) is 0 Å². The summed E-state index contributed by atoms with van der Waals surface area (Å²) in [6.45, 7) is 3.91. The van der Waals surface area contributed by atoms with Gasteiger partial charge in [0.05, 0.1) is 18.6 Å². The highest BCUT2D eigenvalue weighted by Crippen LogP contribution is 2.26. The molecule has 0 saturated carbocycles. The number of para-hydroxylation sites is 1. The first-order valence-electron chi connectivity index (χ1n) is 10.1. The van der Waals surface area contributed by atoms with E-state index in [2.05, 4.69) is 5.32 Å². The van der Waals surface area contributed by atoms with E-state index in [1.807, 2.05) is 37.3 Å². The molecular weight excluding hydrogens is 428 g/mol. The van der Waals surface area contributed by atoms with Gasteiger partial charge in [-0.1, -0.05) is 18.2 Å². The molecule has 168 valence electrons. The van der Waals surface area contributed by atoms with Crippen LogP contribution < -0.4 is 19.1 Å². The minimum absolute atomic E-state index is 0.380. The summed E-state index contributed by atoms with van der Waals surface area (Å²) in [6.07, 6.45) is 1.07. The highest BCUT2D eigenvalue weighted by Gasteiger charge is 2.29. The van der Waals surface area contributed by atoms with Crippen LogP contribution in [0.1, 0.15) is 13.8 Å². The predicted octanol–water partition coefficient (Wildman–Crippen LogP) is 4.67. The molecule has 1 N–H and O–H groups in total. The van der Waals surface area contributed by atoms with Crippen molar-refractivity contribution in [2.75, 3.05) is 22.5 Å². The summed E-state index contributed by atoms with van der Waals surface area (Å²) >= 11 is 0. The molecule has 8 heteroatoms. The summed E-state index contributed by atoms with van der Waals surface area (Å²) < 4.78 is 37.1.